The summed E-state index contributed by atoms with van der Waals surface area (Å²) in [6.07, 6.45) is 67.2. The smallest absolute Gasteiger partial charge is 0.305 e. The minimum atomic E-state index is -1.58. The van der Waals surface area contributed by atoms with Crippen molar-refractivity contribution in [1.29, 1.82) is 0 Å². The lowest BCUT2D eigenvalue weighted by Crippen LogP contribution is -2.60. The Bertz CT molecular complexity index is 1560. The van der Waals surface area contributed by atoms with Gasteiger partial charge in [0.15, 0.2) is 6.29 Å². The molecule has 1 aliphatic heterocycles. The molecule has 0 bridgehead atoms. The number of rotatable bonds is 57. The third-order valence-electron chi connectivity index (χ3n) is 15.2. The molecule has 0 aromatic carbocycles. The molecule has 1 saturated heterocycles. The standard InChI is InChI=1S/C69H123NO10/c1-3-5-7-9-11-13-15-17-29-32-35-39-43-47-51-55-62(72)61(60-79-69-68(77)67(76)66(75)63(59-71)80-69)70-64(73)56-52-48-44-40-36-33-30-27-25-23-21-19-18-20-22-24-26-28-31-34-38-42-46-50-54-58-78-65(74)57-53-49-45-41-37-16-14-12-10-8-6-4-2/h12,14-15,17,19-22,35,39,51,55,61-63,66-69,71-72,75-77H,3-11,13,16,18,23-34,36-38,40-50,52-54,56-60H2,1-2H3,(H,70,73)/b14-12-,17-15+,21-19-,22-20-,39-35+,55-51+. The highest BCUT2D eigenvalue weighted by atomic mass is 16.7. The molecule has 7 unspecified atom stereocenters. The molecule has 6 N–H and O–H groups in total. The summed E-state index contributed by atoms with van der Waals surface area (Å²) in [7, 11) is 0. The van der Waals surface area contributed by atoms with Gasteiger partial charge in [-0.05, 0) is 116 Å². The molecule has 1 fully saturated rings. The zero-order chi connectivity index (χ0) is 58.0. The lowest BCUT2D eigenvalue weighted by atomic mass is 9.99. The first-order valence-corrected chi connectivity index (χ1v) is 33.2. The van der Waals surface area contributed by atoms with Crippen LogP contribution in [-0.2, 0) is 23.8 Å². The Hall–Kier alpha value is -2.90. The lowest BCUT2D eigenvalue weighted by Gasteiger charge is -2.40. The molecule has 0 aromatic rings. The van der Waals surface area contributed by atoms with Crippen LogP contribution < -0.4 is 5.32 Å². The highest BCUT2D eigenvalue weighted by Gasteiger charge is 2.44. The number of hydrogen-bond donors (Lipinski definition) is 6. The first kappa shape index (κ1) is 75.1. The number of nitrogens with one attached hydrogen (secondary N) is 1. The Morgan fingerprint density at radius 2 is 0.850 bits per heavy atom. The Labute approximate surface area is 490 Å². The van der Waals surface area contributed by atoms with E-state index in [1.165, 1.54) is 167 Å². The Kier molecular flexibility index (Phi) is 54.4. The Morgan fingerprint density at radius 3 is 1.34 bits per heavy atom. The van der Waals surface area contributed by atoms with E-state index < -0.39 is 49.5 Å². The van der Waals surface area contributed by atoms with E-state index >= 15 is 0 Å². The van der Waals surface area contributed by atoms with Crippen LogP contribution in [0.2, 0.25) is 0 Å². The van der Waals surface area contributed by atoms with E-state index in [2.05, 4.69) is 79.9 Å². The molecule has 11 heteroatoms. The molecule has 0 saturated carbocycles. The molecule has 1 rings (SSSR count). The van der Waals surface area contributed by atoms with Gasteiger partial charge in [-0.25, -0.2) is 0 Å². The average molecular weight is 1130 g/mol. The number of ether oxygens (including phenoxy) is 3. The van der Waals surface area contributed by atoms with Crippen molar-refractivity contribution >= 4 is 11.9 Å². The van der Waals surface area contributed by atoms with Crippen LogP contribution in [0.3, 0.4) is 0 Å². The second-order valence-corrected chi connectivity index (χ2v) is 22.8. The first-order valence-electron chi connectivity index (χ1n) is 33.2. The van der Waals surface area contributed by atoms with Gasteiger partial charge in [0.2, 0.25) is 5.91 Å². The van der Waals surface area contributed by atoms with Crippen LogP contribution in [0.15, 0.2) is 72.9 Å². The number of esters is 1. The van der Waals surface area contributed by atoms with Crippen LogP contribution in [0, 0.1) is 0 Å². The largest absolute Gasteiger partial charge is 0.466 e. The molecule has 7 atom stereocenters. The van der Waals surface area contributed by atoms with E-state index in [0.717, 1.165) is 96.3 Å². The molecule has 0 aromatic heterocycles. The number of hydrogen-bond acceptors (Lipinski definition) is 10. The van der Waals surface area contributed by atoms with Crippen LogP contribution in [0.1, 0.15) is 290 Å². The second kappa shape index (κ2) is 57.9. The quantitative estimate of drug-likeness (QED) is 0.0195. The number of carbonyl (C=O) groups is 2. The Morgan fingerprint density at radius 1 is 0.463 bits per heavy atom. The maximum absolute atomic E-state index is 13.1. The summed E-state index contributed by atoms with van der Waals surface area (Å²) < 4.78 is 16.7. The van der Waals surface area contributed by atoms with E-state index in [9.17, 15) is 35.1 Å². The molecule has 1 amide bonds. The minimum absolute atomic E-state index is 0.0130. The van der Waals surface area contributed by atoms with Crippen molar-refractivity contribution in [3.63, 3.8) is 0 Å². The number of aliphatic hydroxyl groups excluding tert-OH is 5. The van der Waals surface area contributed by atoms with Crippen LogP contribution >= 0.6 is 0 Å². The van der Waals surface area contributed by atoms with Gasteiger partial charge in [-0.2, -0.15) is 0 Å². The number of unbranched alkanes of at least 4 members (excludes halogenated alkanes) is 33. The summed E-state index contributed by atoms with van der Waals surface area (Å²) in [5, 5.41) is 54.5. The molecule has 0 spiro atoms. The maximum atomic E-state index is 13.1. The van der Waals surface area contributed by atoms with Gasteiger partial charge in [-0.1, -0.05) is 234 Å². The molecular weight excluding hydrogens is 1000 g/mol. The van der Waals surface area contributed by atoms with Gasteiger partial charge in [0.25, 0.3) is 0 Å². The van der Waals surface area contributed by atoms with E-state index in [4.69, 9.17) is 14.2 Å². The zero-order valence-electron chi connectivity index (χ0n) is 51.3. The van der Waals surface area contributed by atoms with Gasteiger partial charge in [0.1, 0.15) is 24.4 Å². The summed E-state index contributed by atoms with van der Waals surface area (Å²) in [4.78, 5) is 25.1. The number of carbonyl (C=O) groups excluding carboxylic acids is 2. The molecular formula is C69H123NO10. The zero-order valence-corrected chi connectivity index (χ0v) is 51.3. The molecule has 1 aliphatic rings. The highest BCUT2D eigenvalue weighted by molar-refractivity contribution is 5.76. The fourth-order valence-electron chi connectivity index (χ4n) is 9.96. The second-order valence-electron chi connectivity index (χ2n) is 22.8. The number of amides is 1. The van der Waals surface area contributed by atoms with Crippen molar-refractivity contribution in [3.05, 3.63) is 72.9 Å². The number of allylic oxidation sites excluding steroid dienone is 11. The van der Waals surface area contributed by atoms with Crippen LogP contribution in [0.25, 0.3) is 0 Å². The fraction of sp³-hybridized carbons (Fsp3) is 0.797. The molecule has 80 heavy (non-hydrogen) atoms. The summed E-state index contributed by atoms with van der Waals surface area (Å²) in [5.41, 5.74) is 0. The normalized spacial score (nSPS) is 18.8. The predicted octanol–water partition coefficient (Wildman–Crippen LogP) is 16.3. The minimum Gasteiger partial charge on any atom is -0.466 e. The van der Waals surface area contributed by atoms with Gasteiger partial charge in [-0.3, -0.25) is 9.59 Å². The lowest BCUT2D eigenvalue weighted by molar-refractivity contribution is -0.302. The van der Waals surface area contributed by atoms with Gasteiger partial charge in [0, 0.05) is 12.8 Å². The van der Waals surface area contributed by atoms with Crippen molar-refractivity contribution in [2.75, 3.05) is 19.8 Å². The van der Waals surface area contributed by atoms with Gasteiger partial charge in [0.05, 0.1) is 32.0 Å². The SMILES string of the molecule is CCCCC/C=C\CCCCCCCC(=O)OCCCCCCCCCCC/C=C\C/C=C\CCCCCCCCCCCC(=O)NC(COC1OC(CO)C(O)C(O)C1O)C(O)/C=C/CC/C=C/CC/C=C/CCCCCCC. The van der Waals surface area contributed by atoms with Crippen molar-refractivity contribution in [2.45, 2.75) is 333 Å². The molecule has 1 heterocycles. The molecule has 0 aliphatic carbocycles. The molecule has 464 valence electrons. The monoisotopic (exact) mass is 1130 g/mol. The van der Waals surface area contributed by atoms with Crippen molar-refractivity contribution in [1.82, 2.24) is 5.32 Å². The number of aliphatic hydroxyl groups is 5. The van der Waals surface area contributed by atoms with E-state index in [1.807, 2.05) is 6.08 Å². The summed E-state index contributed by atoms with van der Waals surface area (Å²) in [5.74, 6) is -0.216. The summed E-state index contributed by atoms with van der Waals surface area (Å²) in [6.45, 7) is 4.28. The molecule has 0 radical (unpaired) electrons. The van der Waals surface area contributed by atoms with E-state index in [1.54, 1.807) is 6.08 Å². The fourth-order valence-corrected chi connectivity index (χ4v) is 9.96. The van der Waals surface area contributed by atoms with Crippen LogP contribution in [-0.4, -0.2) is 100 Å². The van der Waals surface area contributed by atoms with Crippen molar-refractivity contribution < 1.29 is 49.3 Å². The van der Waals surface area contributed by atoms with Crippen molar-refractivity contribution in [2.24, 2.45) is 0 Å². The third-order valence-corrected chi connectivity index (χ3v) is 15.2. The summed E-state index contributed by atoms with van der Waals surface area (Å²) in [6, 6.07) is -0.841. The average Bonchev–Trinajstić information content (AvgIpc) is 3.46. The highest BCUT2D eigenvalue weighted by Crippen LogP contribution is 2.23. The van der Waals surface area contributed by atoms with Gasteiger partial charge >= 0.3 is 5.97 Å². The first-order chi connectivity index (χ1) is 39.2. The van der Waals surface area contributed by atoms with E-state index in [0.29, 0.717) is 19.4 Å². The predicted molar refractivity (Wildman–Crippen MR) is 333 cm³/mol. The topological polar surface area (TPSA) is 175 Å². The van der Waals surface area contributed by atoms with Gasteiger partial charge < -0.3 is 45.1 Å². The Balaban J connectivity index is 2.08. The maximum Gasteiger partial charge on any atom is 0.305 e. The molecule has 11 nitrogen and oxygen atoms in total. The van der Waals surface area contributed by atoms with E-state index in [-0.39, 0.29) is 18.5 Å². The van der Waals surface area contributed by atoms with Crippen LogP contribution in [0.5, 0.6) is 0 Å². The van der Waals surface area contributed by atoms with Crippen molar-refractivity contribution in [3.8, 4) is 0 Å². The van der Waals surface area contributed by atoms with Gasteiger partial charge in [-0.15, -0.1) is 0 Å². The summed E-state index contributed by atoms with van der Waals surface area (Å²) >= 11 is 0. The van der Waals surface area contributed by atoms with Crippen LogP contribution in [0.4, 0.5) is 0 Å². The third kappa shape index (κ3) is 46.6.